The summed E-state index contributed by atoms with van der Waals surface area (Å²) >= 11 is 0. The highest BCUT2D eigenvalue weighted by Gasteiger charge is 2.49. The van der Waals surface area contributed by atoms with E-state index in [1.54, 1.807) is 12.1 Å². The third-order valence-electron chi connectivity index (χ3n) is 6.09. The van der Waals surface area contributed by atoms with Crippen molar-refractivity contribution >= 4 is 0 Å². The van der Waals surface area contributed by atoms with Crippen LogP contribution in [0.25, 0.3) is 0 Å². The summed E-state index contributed by atoms with van der Waals surface area (Å²) in [6.45, 7) is 4.71. The van der Waals surface area contributed by atoms with Gasteiger partial charge in [-0.1, -0.05) is 19.1 Å². The number of fused-ring (bicyclic) bond motifs is 1. The van der Waals surface area contributed by atoms with Crippen LogP contribution in [0.3, 0.4) is 0 Å². The van der Waals surface area contributed by atoms with Crippen LogP contribution in [0.4, 0.5) is 4.39 Å². The first-order valence-electron chi connectivity index (χ1n) is 9.59. The molecule has 0 amide bonds. The van der Waals surface area contributed by atoms with Gasteiger partial charge in [-0.25, -0.2) is 14.4 Å². The fourth-order valence-electron chi connectivity index (χ4n) is 4.74. The summed E-state index contributed by atoms with van der Waals surface area (Å²) in [6, 6.07) is 6.40. The van der Waals surface area contributed by atoms with E-state index < -0.39 is 5.60 Å². The van der Waals surface area contributed by atoms with E-state index in [0.717, 1.165) is 62.3 Å². The van der Waals surface area contributed by atoms with Crippen LogP contribution in [0, 0.1) is 17.7 Å². The van der Waals surface area contributed by atoms with E-state index in [9.17, 15) is 9.50 Å². The molecule has 0 spiro atoms. The highest BCUT2D eigenvalue weighted by Crippen LogP contribution is 2.48. The van der Waals surface area contributed by atoms with Gasteiger partial charge >= 0.3 is 0 Å². The number of hydrogen-bond acceptors (Lipinski definition) is 4. The van der Waals surface area contributed by atoms with Crippen LogP contribution in [-0.2, 0) is 18.6 Å². The zero-order valence-corrected chi connectivity index (χ0v) is 15.2. The van der Waals surface area contributed by atoms with Gasteiger partial charge in [-0.05, 0) is 42.9 Å². The minimum absolute atomic E-state index is 0.192. The topological polar surface area (TPSA) is 49.2 Å². The SMILES string of the molecule is CCc1ncc(CN2C[C@@H]3CCC[C@@](O)(c4ccc(F)cc4)[C@@H]3C2)cn1. The van der Waals surface area contributed by atoms with Crippen molar-refractivity contribution in [2.75, 3.05) is 13.1 Å². The molecule has 3 atom stereocenters. The Morgan fingerprint density at radius 2 is 1.92 bits per heavy atom. The highest BCUT2D eigenvalue weighted by atomic mass is 19.1. The minimum Gasteiger partial charge on any atom is -0.385 e. The molecule has 0 unspecified atom stereocenters. The maximum atomic E-state index is 13.3. The maximum Gasteiger partial charge on any atom is 0.127 e. The van der Waals surface area contributed by atoms with Gasteiger partial charge in [0.15, 0.2) is 0 Å². The normalized spacial score (nSPS) is 28.9. The van der Waals surface area contributed by atoms with Gasteiger partial charge < -0.3 is 5.11 Å². The lowest BCUT2D eigenvalue weighted by Gasteiger charge is -2.41. The third kappa shape index (κ3) is 3.26. The molecule has 5 heteroatoms. The van der Waals surface area contributed by atoms with Crippen molar-refractivity contribution in [2.45, 2.75) is 44.8 Å². The summed E-state index contributed by atoms with van der Waals surface area (Å²) < 4.78 is 13.3. The molecular formula is C21H26FN3O. The Hall–Kier alpha value is -1.85. The summed E-state index contributed by atoms with van der Waals surface area (Å²) in [5.74, 6) is 1.29. The standard InChI is InChI=1S/C21H26FN3O/c1-2-20-23-10-15(11-24-20)12-25-13-16-4-3-9-21(26,19(16)14-25)17-5-7-18(22)8-6-17/h5-8,10-11,16,19,26H,2-4,9,12-14H2,1H3/t16-,19+,21+/m0/s1. The smallest absolute Gasteiger partial charge is 0.127 e. The lowest BCUT2D eigenvalue weighted by atomic mass is 9.67. The Bertz CT molecular complexity index is 749. The van der Waals surface area contributed by atoms with Crippen LogP contribution in [0.5, 0.6) is 0 Å². The van der Waals surface area contributed by atoms with Crippen molar-refractivity contribution in [1.82, 2.24) is 14.9 Å². The summed E-state index contributed by atoms with van der Waals surface area (Å²) in [5, 5.41) is 11.5. The monoisotopic (exact) mass is 355 g/mol. The summed E-state index contributed by atoms with van der Waals surface area (Å²) in [4.78, 5) is 11.2. The predicted molar refractivity (Wildman–Crippen MR) is 97.8 cm³/mol. The second-order valence-corrected chi connectivity index (χ2v) is 7.75. The lowest BCUT2D eigenvalue weighted by molar-refractivity contribution is -0.0648. The molecule has 1 aromatic carbocycles. The number of aromatic nitrogens is 2. The molecule has 2 aromatic rings. The van der Waals surface area contributed by atoms with Gasteiger partial charge in [0.25, 0.3) is 0 Å². The number of nitrogens with zero attached hydrogens (tertiary/aromatic N) is 3. The number of aliphatic hydroxyl groups is 1. The average Bonchev–Trinajstić information content (AvgIpc) is 3.07. The zero-order valence-electron chi connectivity index (χ0n) is 15.2. The Kier molecular flexibility index (Phi) is 4.76. The molecule has 4 rings (SSSR count). The zero-order chi connectivity index (χ0) is 18.1. The molecule has 0 bridgehead atoms. The van der Waals surface area contributed by atoms with Crippen LogP contribution in [-0.4, -0.2) is 33.1 Å². The van der Waals surface area contributed by atoms with E-state index >= 15 is 0 Å². The predicted octanol–water partition coefficient (Wildman–Crippen LogP) is 3.30. The maximum absolute atomic E-state index is 13.3. The van der Waals surface area contributed by atoms with Gasteiger partial charge in [-0.3, -0.25) is 4.90 Å². The molecule has 1 saturated heterocycles. The molecule has 138 valence electrons. The first-order chi connectivity index (χ1) is 12.6. The van der Waals surface area contributed by atoms with Crippen molar-refractivity contribution in [3.05, 3.63) is 59.4 Å². The number of halogens is 1. The van der Waals surface area contributed by atoms with Gasteiger partial charge in [0, 0.05) is 49.9 Å². The van der Waals surface area contributed by atoms with Crippen molar-refractivity contribution in [2.24, 2.45) is 11.8 Å². The van der Waals surface area contributed by atoms with Crippen LogP contribution in [0.2, 0.25) is 0 Å². The van der Waals surface area contributed by atoms with Crippen molar-refractivity contribution in [3.8, 4) is 0 Å². The second-order valence-electron chi connectivity index (χ2n) is 7.75. The Morgan fingerprint density at radius 1 is 1.19 bits per heavy atom. The van der Waals surface area contributed by atoms with Gasteiger partial charge in [0.05, 0.1) is 5.60 Å². The molecule has 1 N–H and O–H groups in total. The first kappa shape index (κ1) is 17.6. The Labute approximate surface area is 154 Å². The molecular weight excluding hydrogens is 329 g/mol. The van der Waals surface area contributed by atoms with Gasteiger partial charge in [0.1, 0.15) is 11.6 Å². The molecule has 1 saturated carbocycles. The van der Waals surface area contributed by atoms with Crippen molar-refractivity contribution < 1.29 is 9.50 Å². The Balaban J connectivity index is 1.51. The molecule has 1 aliphatic carbocycles. The molecule has 2 aliphatic rings. The van der Waals surface area contributed by atoms with E-state index in [0.29, 0.717) is 5.92 Å². The first-order valence-corrected chi connectivity index (χ1v) is 9.59. The number of aryl methyl sites for hydroxylation is 1. The summed E-state index contributed by atoms with van der Waals surface area (Å²) in [6.07, 6.45) is 7.59. The van der Waals surface area contributed by atoms with E-state index in [2.05, 4.69) is 21.8 Å². The van der Waals surface area contributed by atoms with E-state index in [-0.39, 0.29) is 11.7 Å². The third-order valence-corrected chi connectivity index (χ3v) is 6.09. The fraction of sp³-hybridized carbons (Fsp3) is 0.524. The molecule has 1 aromatic heterocycles. The van der Waals surface area contributed by atoms with Crippen LogP contribution in [0.1, 0.15) is 43.1 Å². The summed E-state index contributed by atoms with van der Waals surface area (Å²) in [7, 11) is 0. The van der Waals surface area contributed by atoms with Gasteiger partial charge in [-0.15, -0.1) is 0 Å². The molecule has 4 nitrogen and oxygen atoms in total. The fourth-order valence-corrected chi connectivity index (χ4v) is 4.74. The van der Waals surface area contributed by atoms with E-state index in [1.807, 2.05) is 12.4 Å². The average molecular weight is 355 g/mol. The lowest BCUT2D eigenvalue weighted by Crippen LogP contribution is -2.42. The second kappa shape index (κ2) is 7.05. The van der Waals surface area contributed by atoms with E-state index in [1.165, 1.54) is 12.1 Å². The van der Waals surface area contributed by atoms with Crippen LogP contribution in [0.15, 0.2) is 36.7 Å². The number of rotatable bonds is 4. The van der Waals surface area contributed by atoms with Crippen LogP contribution >= 0.6 is 0 Å². The molecule has 1 aliphatic heterocycles. The molecule has 26 heavy (non-hydrogen) atoms. The van der Waals surface area contributed by atoms with Crippen molar-refractivity contribution in [3.63, 3.8) is 0 Å². The largest absolute Gasteiger partial charge is 0.385 e. The molecule has 2 fully saturated rings. The minimum atomic E-state index is -0.853. The van der Waals surface area contributed by atoms with Gasteiger partial charge in [0.2, 0.25) is 0 Å². The number of likely N-dealkylation sites (tertiary alicyclic amines) is 1. The summed E-state index contributed by atoms with van der Waals surface area (Å²) in [5.41, 5.74) is 1.12. The van der Waals surface area contributed by atoms with Crippen LogP contribution < -0.4 is 0 Å². The Morgan fingerprint density at radius 3 is 2.62 bits per heavy atom. The highest BCUT2D eigenvalue weighted by molar-refractivity contribution is 5.26. The number of hydrogen-bond donors (Lipinski definition) is 1. The molecule has 0 radical (unpaired) electrons. The number of benzene rings is 1. The van der Waals surface area contributed by atoms with E-state index in [4.69, 9.17) is 0 Å². The quantitative estimate of drug-likeness (QED) is 0.914. The van der Waals surface area contributed by atoms with Gasteiger partial charge in [-0.2, -0.15) is 0 Å². The van der Waals surface area contributed by atoms with Crippen molar-refractivity contribution in [1.29, 1.82) is 0 Å². The molecule has 2 heterocycles.